The molecule has 0 saturated heterocycles. The zero-order valence-electron chi connectivity index (χ0n) is 15.9. The highest BCUT2D eigenvalue weighted by Crippen LogP contribution is 2.19. The summed E-state index contributed by atoms with van der Waals surface area (Å²) in [5, 5.41) is 6.60. The first kappa shape index (κ1) is 22.4. The smallest absolute Gasteiger partial charge is 0.342 e. The van der Waals surface area contributed by atoms with Crippen LogP contribution in [-0.4, -0.2) is 40.8 Å². The number of hydrogen-bond acceptors (Lipinski definition) is 5. The van der Waals surface area contributed by atoms with Gasteiger partial charge in [-0.25, -0.2) is 13.6 Å². The van der Waals surface area contributed by atoms with Gasteiger partial charge in [-0.3, -0.25) is 9.59 Å². The van der Waals surface area contributed by atoms with Crippen LogP contribution in [0, 0.1) is 5.82 Å². The Balaban J connectivity index is 1.78. The lowest BCUT2D eigenvalue weighted by Gasteiger charge is -2.12. The van der Waals surface area contributed by atoms with Crippen LogP contribution in [0.4, 0.5) is 14.9 Å². The number of halogens is 2. The second-order valence-electron chi connectivity index (χ2n) is 6.06. The van der Waals surface area contributed by atoms with E-state index < -0.39 is 17.8 Å². The van der Waals surface area contributed by atoms with Gasteiger partial charge in [-0.1, -0.05) is 6.42 Å². The Labute approximate surface area is 172 Å². The molecule has 1 aromatic heterocycles. The molecule has 29 heavy (non-hydrogen) atoms. The quantitative estimate of drug-likeness (QED) is 0.377. The highest BCUT2D eigenvalue weighted by molar-refractivity contribution is 6.39. The molecular formula is C19H22ClFN4O4. The van der Waals surface area contributed by atoms with E-state index in [1.807, 2.05) is 0 Å². The number of nitrogens with one attached hydrogen (secondary N) is 1. The first-order valence-electron chi connectivity index (χ1n) is 9.17. The van der Waals surface area contributed by atoms with Crippen molar-refractivity contribution in [3.05, 3.63) is 48.0 Å². The third kappa shape index (κ3) is 6.86. The van der Waals surface area contributed by atoms with E-state index in [1.165, 1.54) is 36.5 Å². The molecule has 0 atom stereocenters. The van der Waals surface area contributed by atoms with Crippen LogP contribution in [0.15, 0.2) is 36.5 Å². The average Bonchev–Trinajstić information content (AvgIpc) is 3.20. The Morgan fingerprint density at radius 3 is 2.59 bits per heavy atom. The Bertz CT molecular complexity index is 841. The monoisotopic (exact) mass is 424 g/mol. The molecule has 2 amide bonds. The van der Waals surface area contributed by atoms with E-state index in [9.17, 15) is 18.8 Å². The van der Waals surface area contributed by atoms with Crippen molar-refractivity contribution in [1.29, 1.82) is 0 Å². The summed E-state index contributed by atoms with van der Waals surface area (Å²) in [7, 11) is 0. The minimum absolute atomic E-state index is 0.0334. The van der Waals surface area contributed by atoms with E-state index in [-0.39, 0.29) is 17.4 Å². The number of amides is 2. The molecule has 1 N–H and O–H groups in total. The van der Waals surface area contributed by atoms with E-state index in [1.54, 1.807) is 6.92 Å². The van der Waals surface area contributed by atoms with Gasteiger partial charge in [-0.2, -0.15) is 9.78 Å². The zero-order valence-corrected chi connectivity index (χ0v) is 16.7. The molecule has 2 aromatic rings. The van der Waals surface area contributed by atoms with E-state index >= 15 is 0 Å². The van der Waals surface area contributed by atoms with Crippen molar-refractivity contribution >= 4 is 35.4 Å². The summed E-state index contributed by atoms with van der Waals surface area (Å²) < 4.78 is 19.6. The number of carbonyl (C=O) groups excluding carboxylic acids is 3. The maximum Gasteiger partial charge on any atom is 0.342 e. The number of ether oxygens (including phenoxy) is 1. The van der Waals surface area contributed by atoms with E-state index in [4.69, 9.17) is 16.5 Å². The van der Waals surface area contributed by atoms with E-state index in [0.717, 1.165) is 15.5 Å². The fourth-order valence-corrected chi connectivity index (χ4v) is 2.62. The third-order valence-corrected chi connectivity index (χ3v) is 4.24. The lowest BCUT2D eigenvalue weighted by molar-refractivity contribution is -0.143. The van der Waals surface area contributed by atoms with Gasteiger partial charge in [0.25, 0.3) is 5.91 Å². The summed E-state index contributed by atoms with van der Waals surface area (Å²) in [5.41, 5.74) is 0.244. The van der Waals surface area contributed by atoms with Gasteiger partial charge in [-0.05, 0) is 50.1 Å². The van der Waals surface area contributed by atoms with Crippen molar-refractivity contribution in [3.8, 4) is 0 Å². The van der Waals surface area contributed by atoms with Gasteiger partial charge in [-0.15, -0.1) is 0 Å². The van der Waals surface area contributed by atoms with Crippen molar-refractivity contribution in [3.63, 3.8) is 0 Å². The highest BCUT2D eigenvalue weighted by Gasteiger charge is 2.19. The molecule has 0 aliphatic carbocycles. The standard InChI is InChI=1S/C19H22ClFN4O4/c1-2-29-17(26)6-4-3-5-12-22-19(28)24-13-11-16(23-24)18(27)25(20)15-9-7-14(21)8-10-15/h7-11,13H,2-6,12H2,1H3,(H,22,28). The van der Waals surface area contributed by atoms with Gasteiger partial charge >= 0.3 is 12.0 Å². The minimum atomic E-state index is -0.649. The fraction of sp³-hybridized carbons (Fsp3) is 0.368. The molecule has 0 saturated carbocycles. The van der Waals surface area contributed by atoms with E-state index in [0.29, 0.717) is 32.4 Å². The molecule has 0 unspecified atom stereocenters. The lowest BCUT2D eigenvalue weighted by Crippen LogP contribution is -2.30. The Morgan fingerprint density at radius 2 is 1.90 bits per heavy atom. The third-order valence-electron chi connectivity index (χ3n) is 3.89. The van der Waals surface area contributed by atoms with Crippen LogP contribution in [0.25, 0.3) is 0 Å². The molecule has 1 aromatic carbocycles. The van der Waals surface area contributed by atoms with Crippen LogP contribution < -0.4 is 9.74 Å². The first-order chi connectivity index (χ1) is 13.9. The second-order valence-corrected chi connectivity index (χ2v) is 6.39. The number of nitrogens with zero attached hydrogens (tertiary/aromatic N) is 3. The molecule has 2 rings (SSSR count). The maximum absolute atomic E-state index is 13.0. The van der Waals surface area contributed by atoms with Gasteiger partial charge in [0.2, 0.25) is 0 Å². The summed E-state index contributed by atoms with van der Waals surface area (Å²) in [6, 6.07) is 5.93. The Morgan fingerprint density at radius 1 is 1.17 bits per heavy atom. The number of unbranched alkanes of at least 4 members (excludes halogenated alkanes) is 2. The molecule has 0 radical (unpaired) electrons. The van der Waals surface area contributed by atoms with Crippen molar-refractivity contribution in [2.24, 2.45) is 0 Å². The van der Waals surface area contributed by atoms with Crippen molar-refractivity contribution in [1.82, 2.24) is 15.1 Å². The molecule has 10 heteroatoms. The number of benzene rings is 1. The number of hydrogen-bond donors (Lipinski definition) is 1. The molecule has 0 fully saturated rings. The summed E-state index contributed by atoms with van der Waals surface area (Å²) in [5.74, 6) is -1.32. The van der Waals surface area contributed by atoms with Crippen LogP contribution in [0.5, 0.6) is 0 Å². The fourth-order valence-electron chi connectivity index (χ4n) is 2.42. The van der Waals surface area contributed by atoms with Crippen LogP contribution in [-0.2, 0) is 9.53 Å². The summed E-state index contributed by atoms with van der Waals surface area (Å²) in [6.07, 6.45) is 3.84. The predicted octanol–water partition coefficient (Wildman–Crippen LogP) is 3.50. The van der Waals surface area contributed by atoms with Crippen LogP contribution in [0.1, 0.15) is 43.1 Å². The first-order valence-corrected chi connectivity index (χ1v) is 9.51. The van der Waals surface area contributed by atoms with Crippen molar-refractivity contribution in [2.45, 2.75) is 32.6 Å². The minimum Gasteiger partial charge on any atom is -0.466 e. The Hall–Kier alpha value is -2.94. The zero-order chi connectivity index (χ0) is 21.2. The molecule has 0 bridgehead atoms. The summed E-state index contributed by atoms with van der Waals surface area (Å²) >= 11 is 5.99. The van der Waals surface area contributed by atoms with E-state index in [2.05, 4.69) is 10.4 Å². The molecule has 0 aliphatic rings. The van der Waals surface area contributed by atoms with Crippen LogP contribution in [0.3, 0.4) is 0 Å². The molecule has 1 heterocycles. The van der Waals surface area contributed by atoms with Gasteiger partial charge in [0.05, 0.1) is 12.3 Å². The molecule has 156 valence electrons. The molecule has 0 spiro atoms. The molecular weight excluding hydrogens is 403 g/mol. The van der Waals surface area contributed by atoms with Gasteiger partial charge < -0.3 is 10.1 Å². The topological polar surface area (TPSA) is 93.5 Å². The summed E-state index contributed by atoms with van der Waals surface area (Å²) in [4.78, 5) is 35.7. The maximum atomic E-state index is 13.0. The lowest BCUT2D eigenvalue weighted by atomic mass is 10.2. The summed E-state index contributed by atoms with van der Waals surface area (Å²) in [6.45, 7) is 2.53. The van der Waals surface area contributed by atoms with Crippen LogP contribution in [0.2, 0.25) is 0 Å². The largest absolute Gasteiger partial charge is 0.466 e. The van der Waals surface area contributed by atoms with Gasteiger partial charge in [0.15, 0.2) is 5.69 Å². The van der Waals surface area contributed by atoms with Gasteiger partial charge in [0.1, 0.15) is 5.82 Å². The normalized spacial score (nSPS) is 10.4. The van der Waals surface area contributed by atoms with Crippen molar-refractivity contribution < 1.29 is 23.5 Å². The number of rotatable bonds is 9. The highest BCUT2D eigenvalue weighted by atomic mass is 35.5. The molecule has 0 aliphatic heterocycles. The van der Waals surface area contributed by atoms with Gasteiger partial charge in [0, 0.05) is 30.9 Å². The Kier molecular flexibility index (Phi) is 8.60. The number of carbonyl (C=O) groups is 3. The SMILES string of the molecule is CCOC(=O)CCCCCNC(=O)n1ccc(C(=O)N(Cl)c2ccc(F)cc2)n1. The predicted molar refractivity (Wildman–Crippen MR) is 105 cm³/mol. The average molecular weight is 425 g/mol. The van der Waals surface area contributed by atoms with Crippen LogP contribution >= 0.6 is 11.8 Å². The number of anilines is 1. The number of aromatic nitrogens is 2. The second kappa shape index (κ2) is 11.2. The number of esters is 1. The molecule has 8 nitrogen and oxygen atoms in total. The van der Waals surface area contributed by atoms with Crippen molar-refractivity contribution in [2.75, 3.05) is 17.6 Å².